The summed E-state index contributed by atoms with van der Waals surface area (Å²) in [7, 11) is 0. The molecule has 1 amide bonds. The molecule has 20 heavy (non-hydrogen) atoms. The Balaban J connectivity index is 2.20. The van der Waals surface area contributed by atoms with E-state index in [4.69, 9.17) is 0 Å². The Bertz CT molecular complexity index is 694. The van der Waals surface area contributed by atoms with E-state index in [-0.39, 0.29) is 22.9 Å². The third-order valence-electron chi connectivity index (χ3n) is 3.02. The fourth-order valence-corrected chi connectivity index (χ4v) is 2.56. The summed E-state index contributed by atoms with van der Waals surface area (Å²) in [6.45, 7) is 3.65. The van der Waals surface area contributed by atoms with Crippen LogP contribution in [0.3, 0.4) is 0 Å². The second-order valence-corrected chi connectivity index (χ2v) is 5.46. The van der Waals surface area contributed by atoms with Crippen LogP contribution in [0.1, 0.15) is 34.6 Å². The number of hydrogen-bond donors (Lipinski definition) is 2. The van der Waals surface area contributed by atoms with Crippen molar-refractivity contribution < 1.29 is 4.79 Å². The van der Waals surface area contributed by atoms with Crippen molar-refractivity contribution >= 4 is 21.8 Å². The van der Waals surface area contributed by atoms with Crippen molar-refractivity contribution in [3.8, 4) is 0 Å². The Morgan fingerprint density at radius 1 is 1.35 bits per heavy atom. The first kappa shape index (κ1) is 14.5. The fraction of sp³-hybridized carbons (Fsp3) is 0.200. The van der Waals surface area contributed by atoms with Crippen LogP contribution in [0.15, 0.2) is 45.8 Å². The number of carbonyl (C=O) groups is 1. The van der Waals surface area contributed by atoms with Gasteiger partial charge in [0.25, 0.3) is 5.91 Å². The van der Waals surface area contributed by atoms with Crippen molar-refractivity contribution in [2.75, 3.05) is 0 Å². The maximum absolute atomic E-state index is 12.1. The molecule has 0 fully saturated rings. The van der Waals surface area contributed by atoms with Gasteiger partial charge in [-0.1, -0.05) is 34.1 Å². The van der Waals surface area contributed by atoms with Gasteiger partial charge in [-0.15, -0.1) is 0 Å². The predicted octanol–water partition coefficient (Wildman–Crippen LogP) is 2.94. The average Bonchev–Trinajstić information content (AvgIpc) is 2.38. The summed E-state index contributed by atoms with van der Waals surface area (Å²) < 4.78 is 0.922. The standard InChI is InChI=1S/C15H15BrN2O2/c1-9-7-14(19)12(8-17-9)15(20)18-10(2)11-5-3-4-6-13(11)16/h3-8,10H,1-2H3,(H,17,19)(H,18,20). The highest BCUT2D eigenvalue weighted by atomic mass is 79.9. The first-order valence-corrected chi connectivity index (χ1v) is 7.03. The Hall–Kier alpha value is -1.88. The van der Waals surface area contributed by atoms with Gasteiger partial charge in [0.15, 0.2) is 5.43 Å². The van der Waals surface area contributed by atoms with Gasteiger partial charge in [0.1, 0.15) is 5.56 Å². The minimum atomic E-state index is -0.380. The summed E-state index contributed by atoms with van der Waals surface area (Å²) in [6, 6.07) is 8.87. The Labute approximate surface area is 125 Å². The number of aryl methyl sites for hydroxylation is 1. The lowest BCUT2D eigenvalue weighted by atomic mass is 10.1. The first-order valence-electron chi connectivity index (χ1n) is 6.23. The summed E-state index contributed by atoms with van der Waals surface area (Å²) in [5.74, 6) is -0.380. The van der Waals surface area contributed by atoms with Crippen LogP contribution in [0.4, 0.5) is 0 Å². The van der Waals surface area contributed by atoms with Crippen molar-refractivity contribution in [1.29, 1.82) is 0 Å². The third kappa shape index (κ3) is 3.17. The Morgan fingerprint density at radius 2 is 2.05 bits per heavy atom. The quantitative estimate of drug-likeness (QED) is 0.906. The van der Waals surface area contributed by atoms with E-state index in [9.17, 15) is 9.59 Å². The van der Waals surface area contributed by atoms with Crippen LogP contribution in [-0.4, -0.2) is 10.9 Å². The van der Waals surface area contributed by atoms with E-state index in [0.717, 1.165) is 15.7 Å². The highest BCUT2D eigenvalue weighted by Gasteiger charge is 2.15. The number of halogens is 1. The molecule has 0 saturated carbocycles. The van der Waals surface area contributed by atoms with Crippen LogP contribution in [0.5, 0.6) is 0 Å². The molecule has 1 aromatic carbocycles. The zero-order valence-electron chi connectivity index (χ0n) is 11.2. The van der Waals surface area contributed by atoms with Crippen molar-refractivity contribution in [1.82, 2.24) is 10.3 Å². The number of amides is 1. The molecular formula is C15H15BrN2O2. The average molecular weight is 335 g/mol. The molecular weight excluding hydrogens is 320 g/mol. The molecule has 2 rings (SSSR count). The molecule has 0 radical (unpaired) electrons. The Kier molecular flexibility index (Phi) is 4.39. The number of hydrogen-bond acceptors (Lipinski definition) is 2. The van der Waals surface area contributed by atoms with E-state index in [0.29, 0.717) is 0 Å². The lowest BCUT2D eigenvalue weighted by molar-refractivity contribution is 0.0938. The lowest BCUT2D eigenvalue weighted by Gasteiger charge is -2.15. The highest BCUT2D eigenvalue weighted by Crippen LogP contribution is 2.22. The summed E-state index contributed by atoms with van der Waals surface area (Å²) in [6.07, 6.45) is 1.44. The van der Waals surface area contributed by atoms with E-state index in [1.54, 1.807) is 6.92 Å². The van der Waals surface area contributed by atoms with Gasteiger partial charge in [-0.3, -0.25) is 9.59 Å². The summed E-state index contributed by atoms with van der Waals surface area (Å²) in [5.41, 5.74) is 1.53. The molecule has 0 aliphatic heterocycles. The van der Waals surface area contributed by atoms with E-state index < -0.39 is 0 Å². The van der Waals surface area contributed by atoms with Crippen molar-refractivity contribution in [3.63, 3.8) is 0 Å². The second kappa shape index (κ2) is 6.05. The van der Waals surface area contributed by atoms with Crippen LogP contribution < -0.4 is 10.7 Å². The van der Waals surface area contributed by atoms with Crippen LogP contribution in [-0.2, 0) is 0 Å². The van der Waals surface area contributed by atoms with Crippen LogP contribution in [0.25, 0.3) is 0 Å². The van der Waals surface area contributed by atoms with E-state index >= 15 is 0 Å². The van der Waals surface area contributed by atoms with Gasteiger partial charge in [0.2, 0.25) is 0 Å². The van der Waals surface area contributed by atoms with Crippen LogP contribution >= 0.6 is 15.9 Å². The molecule has 0 aliphatic rings. The van der Waals surface area contributed by atoms with Gasteiger partial charge in [-0.05, 0) is 25.5 Å². The van der Waals surface area contributed by atoms with Crippen LogP contribution in [0, 0.1) is 6.92 Å². The molecule has 104 valence electrons. The number of rotatable bonds is 3. The van der Waals surface area contributed by atoms with Gasteiger partial charge in [0, 0.05) is 22.4 Å². The summed E-state index contributed by atoms with van der Waals surface area (Å²) in [4.78, 5) is 26.8. The van der Waals surface area contributed by atoms with E-state index in [1.807, 2.05) is 31.2 Å². The highest BCUT2D eigenvalue weighted by molar-refractivity contribution is 9.10. The summed E-state index contributed by atoms with van der Waals surface area (Å²) >= 11 is 3.45. The fourth-order valence-electron chi connectivity index (χ4n) is 1.93. The minimum Gasteiger partial charge on any atom is -0.364 e. The number of benzene rings is 1. The molecule has 1 heterocycles. The van der Waals surface area contributed by atoms with E-state index in [2.05, 4.69) is 26.2 Å². The molecule has 1 atom stereocenters. The number of pyridine rings is 1. The molecule has 2 N–H and O–H groups in total. The summed E-state index contributed by atoms with van der Waals surface area (Å²) in [5, 5.41) is 2.82. The largest absolute Gasteiger partial charge is 0.364 e. The number of aromatic amines is 1. The minimum absolute atomic E-state index is 0.120. The van der Waals surface area contributed by atoms with Crippen molar-refractivity contribution in [2.45, 2.75) is 19.9 Å². The zero-order valence-corrected chi connectivity index (χ0v) is 12.8. The number of carbonyl (C=O) groups excluding carboxylic acids is 1. The predicted molar refractivity (Wildman–Crippen MR) is 81.8 cm³/mol. The smallest absolute Gasteiger partial charge is 0.257 e. The molecule has 0 bridgehead atoms. The molecule has 1 aromatic heterocycles. The molecule has 1 unspecified atom stereocenters. The lowest BCUT2D eigenvalue weighted by Crippen LogP contribution is -2.31. The Morgan fingerprint density at radius 3 is 2.70 bits per heavy atom. The molecule has 4 nitrogen and oxygen atoms in total. The van der Waals surface area contributed by atoms with Gasteiger partial charge in [-0.25, -0.2) is 0 Å². The number of H-pyrrole nitrogens is 1. The molecule has 0 spiro atoms. The van der Waals surface area contributed by atoms with Gasteiger partial charge in [0.05, 0.1) is 6.04 Å². The second-order valence-electron chi connectivity index (χ2n) is 4.61. The maximum atomic E-state index is 12.1. The van der Waals surface area contributed by atoms with Gasteiger partial charge in [-0.2, -0.15) is 0 Å². The van der Waals surface area contributed by atoms with Crippen LogP contribution in [0.2, 0.25) is 0 Å². The SMILES string of the molecule is Cc1cc(=O)c(C(=O)NC(C)c2ccccc2Br)c[nH]1. The maximum Gasteiger partial charge on any atom is 0.257 e. The molecule has 0 aliphatic carbocycles. The van der Waals surface area contributed by atoms with Gasteiger partial charge >= 0.3 is 0 Å². The monoisotopic (exact) mass is 334 g/mol. The topological polar surface area (TPSA) is 62.0 Å². The third-order valence-corrected chi connectivity index (χ3v) is 3.74. The van der Waals surface area contributed by atoms with Gasteiger partial charge < -0.3 is 10.3 Å². The number of aromatic nitrogens is 1. The normalized spacial score (nSPS) is 11.9. The zero-order chi connectivity index (χ0) is 14.7. The molecule has 5 heteroatoms. The van der Waals surface area contributed by atoms with Crippen molar-refractivity contribution in [3.05, 3.63) is 68.0 Å². The molecule has 2 aromatic rings. The van der Waals surface area contributed by atoms with E-state index in [1.165, 1.54) is 12.3 Å². The number of nitrogens with one attached hydrogen (secondary N) is 2. The molecule has 0 saturated heterocycles. The van der Waals surface area contributed by atoms with Crippen molar-refractivity contribution in [2.24, 2.45) is 0 Å². The first-order chi connectivity index (χ1) is 9.49.